The zero-order chi connectivity index (χ0) is 11.9. The van der Waals surface area contributed by atoms with Gasteiger partial charge in [-0.05, 0) is 13.8 Å². The fourth-order valence-electron chi connectivity index (χ4n) is 0.474. The first-order valence-electron chi connectivity index (χ1n) is 3.86. The average Bonchev–Trinajstić information content (AvgIpc) is 2.14. The Hall–Kier alpha value is -0.830. The lowest BCUT2D eigenvalue weighted by atomic mass is 10.2. The molecule has 0 unspecified atom stereocenters. The van der Waals surface area contributed by atoms with Gasteiger partial charge < -0.3 is 9.47 Å². The minimum Gasteiger partial charge on any atom is -0.428 e. The highest BCUT2D eigenvalue weighted by Gasteiger charge is 2.32. The maximum atomic E-state index is 11.3. The van der Waals surface area contributed by atoms with Crippen LogP contribution in [-0.4, -0.2) is 28.7 Å². The lowest BCUT2D eigenvalue weighted by molar-refractivity contribution is -0.432. The zero-order valence-corrected chi connectivity index (χ0v) is 9.33. The molecule has 0 rings (SSSR count). The van der Waals surface area contributed by atoms with Gasteiger partial charge in [-0.15, -0.1) is 4.33 Å². The van der Waals surface area contributed by atoms with Crippen LogP contribution < -0.4 is 0 Å². The van der Waals surface area contributed by atoms with Gasteiger partial charge in [0.25, 0.3) is 0 Å². The molecule has 0 aromatic rings. The monoisotopic (exact) mass is 240 g/mol. The Balaban J connectivity index is 3.90. The summed E-state index contributed by atoms with van der Waals surface area (Å²) < 4.78 is 12.0. The molecule has 0 saturated carbocycles. The molecule has 0 aromatic carbocycles. The van der Waals surface area contributed by atoms with Gasteiger partial charge in [0.1, 0.15) is 4.75 Å². The molecule has 7 nitrogen and oxygen atoms in total. The summed E-state index contributed by atoms with van der Waals surface area (Å²) in [7, 11) is 0. The molecule has 0 fully saturated rings. The highest BCUT2D eigenvalue weighted by atomic mass is 32.2. The molecule has 8 heteroatoms. The van der Waals surface area contributed by atoms with Gasteiger partial charge in [-0.3, -0.25) is 9.59 Å². The van der Waals surface area contributed by atoms with Crippen LogP contribution in [0.15, 0.2) is 0 Å². The number of hydrogen-bond acceptors (Lipinski definition) is 8. The SMILES string of the molecule is CC(=O)OCOC(=O)C(C)(C)SOOO. The van der Waals surface area contributed by atoms with Crippen molar-refractivity contribution in [2.45, 2.75) is 25.5 Å². The number of esters is 2. The number of carbonyl (C=O) groups excluding carboxylic acids is 2. The van der Waals surface area contributed by atoms with Crippen molar-refractivity contribution in [2.24, 2.45) is 0 Å². The molecule has 0 radical (unpaired) electrons. The Morgan fingerprint density at radius 1 is 1.33 bits per heavy atom. The molecule has 0 aliphatic carbocycles. The Morgan fingerprint density at radius 3 is 2.40 bits per heavy atom. The van der Waals surface area contributed by atoms with Gasteiger partial charge in [0, 0.05) is 6.92 Å². The largest absolute Gasteiger partial charge is 0.428 e. The minimum atomic E-state index is -1.09. The lowest BCUT2D eigenvalue weighted by Gasteiger charge is -2.18. The Labute approximate surface area is 90.7 Å². The predicted octanol–water partition coefficient (Wildman–Crippen LogP) is 0.898. The van der Waals surface area contributed by atoms with E-state index in [0.29, 0.717) is 12.0 Å². The molecule has 0 saturated heterocycles. The predicted molar refractivity (Wildman–Crippen MR) is 49.2 cm³/mol. The van der Waals surface area contributed by atoms with Crippen molar-refractivity contribution in [1.29, 1.82) is 0 Å². The van der Waals surface area contributed by atoms with Crippen LogP contribution in [0.25, 0.3) is 0 Å². The molecule has 88 valence electrons. The first-order valence-corrected chi connectivity index (χ1v) is 4.61. The third-order valence-electron chi connectivity index (χ3n) is 1.22. The quantitative estimate of drug-likeness (QED) is 0.241. The number of ether oxygens (including phenoxy) is 2. The molecular formula is C7H12O7S. The van der Waals surface area contributed by atoms with E-state index in [1.807, 2.05) is 0 Å². The van der Waals surface area contributed by atoms with E-state index < -0.39 is 23.5 Å². The molecule has 0 spiro atoms. The van der Waals surface area contributed by atoms with Crippen molar-refractivity contribution in [3.63, 3.8) is 0 Å². The van der Waals surface area contributed by atoms with E-state index >= 15 is 0 Å². The summed E-state index contributed by atoms with van der Waals surface area (Å²) in [6, 6.07) is 0. The molecule has 0 atom stereocenters. The second-order valence-electron chi connectivity index (χ2n) is 2.92. The van der Waals surface area contributed by atoms with Crippen LogP contribution in [0.3, 0.4) is 0 Å². The van der Waals surface area contributed by atoms with E-state index in [1.165, 1.54) is 20.8 Å². The number of carbonyl (C=O) groups is 2. The van der Waals surface area contributed by atoms with Crippen molar-refractivity contribution in [2.75, 3.05) is 6.79 Å². The average molecular weight is 240 g/mol. The van der Waals surface area contributed by atoms with Crippen LogP contribution in [0.4, 0.5) is 0 Å². The van der Waals surface area contributed by atoms with Crippen molar-refractivity contribution >= 4 is 24.0 Å². The molecule has 0 aromatic heterocycles. The molecule has 0 aliphatic rings. The van der Waals surface area contributed by atoms with E-state index in [9.17, 15) is 9.59 Å². The van der Waals surface area contributed by atoms with Gasteiger partial charge in [-0.25, -0.2) is 5.26 Å². The van der Waals surface area contributed by atoms with E-state index in [0.717, 1.165) is 0 Å². The van der Waals surface area contributed by atoms with E-state index in [1.54, 1.807) is 0 Å². The first kappa shape index (κ1) is 14.2. The topological polar surface area (TPSA) is 91.3 Å². The zero-order valence-electron chi connectivity index (χ0n) is 8.51. The van der Waals surface area contributed by atoms with Gasteiger partial charge in [0.15, 0.2) is 0 Å². The van der Waals surface area contributed by atoms with Crippen molar-refractivity contribution < 1.29 is 33.7 Å². The van der Waals surface area contributed by atoms with Crippen LogP contribution in [-0.2, 0) is 28.4 Å². The smallest absolute Gasteiger partial charge is 0.327 e. The Kier molecular flexibility index (Phi) is 6.25. The van der Waals surface area contributed by atoms with Crippen LogP contribution in [0, 0.1) is 0 Å². The lowest BCUT2D eigenvalue weighted by Crippen LogP contribution is -2.31. The Bertz CT molecular complexity index is 227. The third kappa shape index (κ3) is 6.28. The number of rotatable bonds is 6. The van der Waals surface area contributed by atoms with Gasteiger partial charge in [-0.1, -0.05) is 5.04 Å². The summed E-state index contributed by atoms with van der Waals surface area (Å²) in [5, 5.41) is 11.2. The van der Waals surface area contributed by atoms with Gasteiger partial charge in [0.05, 0.1) is 12.0 Å². The van der Waals surface area contributed by atoms with Crippen molar-refractivity contribution in [3.8, 4) is 0 Å². The minimum absolute atomic E-state index is 0.460. The highest BCUT2D eigenvalue weighted by Crippen LogP contribution is 2.26. The summed E-state index contributed by atoms with van der Waals surface area (Å²) in [4.78, 5) is 21.7. The second-order valence-corrected chi connectivity index (χ2v) is 4.25. The van der Waals surface area contributed by atoms with E-state index in [-0.39, 0.29) is 0 Å². The normalized spacial score (nSPS) is 10.9. The van der Waals surface area contributed by atoms with Crippen molar-refractivity contribution in [1.82, 2.24) is 0 Å². The fraction of sp³-hybridized carbons (Fsp3) is 0.714. The summed E-state index contributed by atoms with van der Waals surface area (Å²) in [5.41, 5.74) is 0. The highest BCUT2D eigenvalue weighted by molar-refractivity contribution is 7.96. The molecule has 0 bridgehead atoms. The number of hydrogen-bond donors (Lipinski definition) is 1. The summed E-state index contributed by atoms with van der Waals surface area (Å²) in [5.74, 6) is -1.23. The molecule has 0 amide bonds. The third-order valence-corrected chi connectivity index (χ3v) is 1.93. The van der Waals surface area contributed by atoms with E-state index in [2.05, 4.69) is 18.8 Å². The van der Waals surface area contributed by atoms with Crippen LogP contribution in [0.1, 0.15) is 20.8 Å². The van der Waals surface area contributed by atoms with Gasteiger partial charge in [-0.2, -0.15) is 0 Å². The second kappa shape index (κ2) is 6.62. The fourth-order valence-corrected chi connectivity index (χ4v) is 0.802. The molecule has 1 N–H and O–H groups in total. The summed E-state index contributed by atoms with van der Waals surface area (Å²) >= 11 is 0.558. The maximum absolute atomic E-state index is 11.3. The van der Waals surface area contributed by atoms with Crippen molar-refractivity contribution in [3.05, 3.63) is 0 Å². The van der Waals surface area contributed by atoms with Crippen LogP contribution >= 0.6 is 12.0 Å². The summed E-state index contributed by atoms with van der Waals surface area (Å²) in [6.45, 7) is 3.69. The standard InChI is InChI=1S/C7H12O7S/c1-5(8)11-4-12-6(9)7(2,3)15-14-13-10/h10H,4H2,1-3H3. The summed E-state index contributed by atoms with van der Waals surface area (Å²) in [6.07, 6.45) is 0. The van der Waals surface area contributed by atoms with Gasteiger partial charge >= 0.3 is 11.9 Å². The van der Waals surface area contributed by atoms with Crippen LogP contribution in [0.5, 0.6) is 0 Å². The Morgan fingerprint density at radius 2 is 1.93 bits per heavy atom. The maximum Gasteiger partial charge on any atom is 0.327 e. The first-order chi connectivity index (χ1) is 6.90. The molecule has 0 heterocycles. The van der Waals surface area contributed by atoms with Crippen LogP contribution in [0.2, 0.25) is 0 Å². The molecular weight excluding hydrogens is 228 g/mol. The van der Waals surface area contributed by atoms with E-state index in [4.69, 9.17) is 5.26 Å². The molecule has 0 aliphatic heterocycles. The van der Waals surface area contributed by atoms with Gasteiger partial charge in [0.2, 0.25) is 6.79 Å². The molecule has 15 heavy (non-hydrogen) atoms.